The third-order valence-electron chi connectivity index (χ3n) is 1.83. The molecule has 0 aliphatic carbocycles. The van der Waals surface area contributed by atoms with E-state index in [9.17, 15) is 0 Å². The molecule has 4 nitrogen and oxygen atoms in total. The van der Waals surface area contributed by atoms with Gasteiger partial charge in [-0.05, 0) is 30.9 Å². The van der Waals surface area contributed by atoms with Crippen LogP contribution in [0.25, 0.3) is 0 Å². The van der Waals surface area contributed by atoms with Crippen molar-refractivity contribution in [3.63, 3.8) is 0 Å². The maximum Gasteiger partial charge on any atom is 0.488 e. The number of benzene rings is 1. The van der Waals surface area contributed by atoms with Crippen LogP contribution in [0.1, 0.15) is 12.5 Å². The van der Waals surface area contributed by atoms with Crippen LogP contribution in [-0.4, -0.2) is 23.0 Å². The molecule has 1 aromatic carbocycles. The zero-order valence-electron chi connectivity index (χ0n) is 8.23. The summed E-state index contributed by atoms with van der Waals surface area (Å²) in [6.07, 6.45) is 0. The van der Waals surface area contributed by atoms with Gasteiger partial charge >= 0.3 is 7.12 Å². The third-order valence-corrected chi connectivity index (χ3v) is 1.83. The van der Waals surface area contributed by atoms with Crippen molar-refractivity contribution < 1.29 is 10.0 Å². The number of nitrogens with zero attached hydrogens (tertiary/aromatic N) is 1. The van der Waals surface area contributed by atoms with Crippen LogP contribution in [0.3, 0.4) is 0 Å². The molecule has 4 N–H and O–H groups in total. The Labute approximate surface area is 83.2 Å². The molecule has 74 valence electrons. The minimum Gasteiger partial charge on any atom is -0.423 e. The van der Waals surface area contributed by atoms with E-state index in [0.717, 1.165) is 5.56 Å². The standard InChI is InChI=1S/C9H13BN2O2/c1-6-3-4-8(10(13)14)5-9(6)12-7(2)11/h3-5,13-14H,1-2H3,(H2,11,12). The summed E-state index contributed by atoms with van der Waals surface area (Å²) in [7, 11) is -1.47. The fraction of sp³-hybridized carbons (Fsp3) is 0.222. The van der Waals surface area contributed by atoms with Crippen LogP contribution >= 0.6 is 0 Å². The lowest BCUT2D eigenvalue weighted by Crippen LogP contribution is -2.29. The summed E-state index contributed by atoms with van der Waals surface area (Å²) in [5, 5.41) is 17.9. The maximum atomic E-state index is 8.95. The SMILES string of the molecule is CC(N)=Nc1cc(B(O)O)ccc1C. The van der Waals surface area contributed by atoms with E-state index in [2.05, 4.69) is 4.99 Å². The van der Waals surface area contributed by atoms with Crippen molar-refractivity contribution in [1.82, 2.24) is 0 Å². The van der Waals surface area contributed by atoms with Crippen LogP contribution in [-0.2, 0) is 0 Å². The first-order valence-corrected chi connectivity index (χ1v) is 4.28. The van der Waals surface area contributed by atoms with E-state index in [1.807, 2.05) is 6.92 Å². The van der Waals surface area contributed by atoms with Crippen LogP contribution in [0, 0.1) is 6.92 Å². The monoisotopic (exact) mass is 192 g/mol. The van der Waals surface area contributed by atoms with Gasteiger partial charge in [0.1, 0.15) is 0 Å². The number of amidine groups is 1. The highest BCUT2D eigenvalue weighted by Gasteiger charge is 2.11. The molecule has 0 atom stereocenters. The average molecular weight is 192 g/mol. The summed E-state index contributed by atoms with van der Waals surface area (Å²) in [5.41, 5.74) is 7.46. The normalized spacial score (nSPS) is 11.6. The van der Waals surface area contributed by atoms with Crippen molar-refractivity contribution in [3.05, 3.63) is 23.8 Å². The van der Waals surface area contributed by atoms with E-state index in [1.165, 1.54) is 0 Å². The summed E-state index contributed by atoms with van der Waals surface area (Å²) in [5.74, 6) is 0.442. The van der Waals surface area contributed by atoms with Gasteiger partial charge < -0.3 is 15.8 Å². The second-order valence-corrected chi connectivity index (χ2v) is 3.17. The molecule has 0 aliphatic heterocycles. The minimum atomic E-state index is -1.47. The maximum absolute atomic E-state index is 8.95. The van der Waals surface area contributed by atoms with Crippen molar-refractivity contribution in [2.45, 2.75) is 13.8 Å². The molecule has 0 unspecified atom stereocenters. The van der Waals surface area contributed by atoms with Gasteiger partial charge in [-0.15, -0.1) is 0 Å². The smallest absolute Gasteiger partial charge is 0.423 e. The Morgan fingerprint density at radius 2 is 2.07 bits per heavy atom. The van der Waals surface area contributed by atoms with Gasteiger partial charge in [0.15, 0.2) is 0 Å². The first-order chi connectivity index (χ1) is 6.50. The van der Waals surface area contributed by atoms with Gasteiger partial charge in [0.05, 0.1) is 11.5 Å². The zero-order valence-corrected chi connectivity index (χ0v) is 8.23. The summed E-state index contributed by atoms with van der Waals surface area (Å²) in [6.45, 7) is 3.57. The summed E-state index contributed by atoms with van der Waals surface area (Å²) < 4.78 is 0. The molecule has 0 bridgehead atoms. The number of rotatable bonds is 2. The number of aryl methyl sites for hydroxylation is 1. The highest BCUT2D eigenvalue weighted by molar-refractivity contribution is 6.58. The molecule has 0 aliphatic rings. The fourth-order valence-electron chi connectivity index (χ4n) is 1.10. The second kappa shape index (κ2) is 4.26. The van der Waals surface area contributed by atoms with Crippen LogP contribution in [0.15, 0.2) is 23.2 Å². The van der Waals surface area contributed by atoms with Crippen LogP contribution < -0.4 is 11.2 Å². The highest BCUT2D eigenvalue weighted by Crippen LogP contribution is 2.15. The van der Waals surface area contributed by atoms with Crippen molar-refractivity contribution in [2.24, 2.45) is 10.7 Å². The Kier molecular flexibility index (Phi) is 3.27. The molecule has 0 amide bonds. The quantitative estimate of drug-likeness (QED) is 0.341. The van der Waals surface area contributed by atoms with Gasteiger partial charge in [0.25, 0.3) is 0 Å². The van der Waals surface area contributed by atoms with Crippen LogP contribution in [0.4, 0.5) is 5.69 Å². The molecule has 0 fully saturated rings. The van der Waals surface area contributed by atoms with Gasteiger partial charge in [-0.1, -0.05) is 12.1 Å². The molecule has 0 aromatic heterocycles. The minimum absolute atomic E-state index is 0.413. The van der Waals surface area contributed by atoms with Crippen molar-refractivity contribution in [3.8, 4) is 0 Å². The molecular formula is C9H13BN2O2. The molecule has 14 heavy (non-hydrogen) atoms. The highest BCUT2D eigenvalue weighted by atomic mass is 16.4. The Bertz CT molecular complexity index is 360. The fourth-order valence-corrected chi connectivity index (χ4v) is 1.10. The molecular weight excluding hydrogens is 179 g/mol. The molecule has 0 saturated heterocycles. The van der Waals surface area contributed by atoms with Gasteiger partial charge in [0.2, 0.25) is 0 Å². The van der Waals surface area contributed by atoms with E-state index < -0.39 is 7.12 Å². The molecule has 0 radical (unpaired) electrons. The number of nitrogens with two attached hydrogens (primary N) is 1. The van der Waals surface area contributed by atoms with Gasteiger partial charge in [-0.25, -0.2) is 4.99 Å². The predicted octanol–water partition coefficient (Wildman–Crippen LogP) is -0.317. The predicted molar refractivity (Wildman–Crippen MR) is 58.0 cm³/mol. The van der Waals surface area contributed by atoms with Crippen LogP contribution in [0.2, 0.25) is 0 Å². The Balaban J connectivity index is 3.15. The molecule has 0 saturated carbocycles. The Hall–Kier alpha value is -1.33. The van der Waals surface area contributed by atoms with E-state index >= 15 is 0 Å². The number of aliphatic imine (C=N–C) groups is 1. The molecule has 0 heterocycles. The third kappa shape index (κ3) is 2.58. The largest absolute Gasteiger partial charge is 0.488 e. The number of hydrogen-bond donors (Lipinski definition) is 3. The first-order valence-electron chi connectivity index (χ1n) is 4.28. The lowest BCUT2D eigenvalue weighted by Gasteiger charge is -2.04. The summed E-state index contributed by atoms with van der Waals surface area (Å²) in [4.78, 5) is 4.07. The Morgan fingerprint density at radius 1 is 1.43 bits per heavy atom. The van der Waals surface area contributed by atoms with Crippen LogP contribution in [0.5, 0.6) is 0 Å². The molecule has 0 spiro atoms. The Morgan fingerprint density at radius 3 is 2.57 bits per heavy atom. The van der Waals surface area contributed by atoms with E-state index in [1.54, 1.807) is 25.1 Å². The van der Waals surface area contributed by atoms with E-state index in [0.29, 0.717) is 17.0 Å². The van der Waals surface area contributed by atoms with Gasteiger partial charge in [-0.2, -0.15) is 0 Å². The van der Waals surface area contributed by atoms with E-state index in [4.69, 9.17) is 15.8 Å². The second-order valence-electron chi connectivity index (χ2n) is 3.17. The number of hydrogen-bond acceptors (Lipinski definition) is 3. The zero-order chi connectivity index (χ0) is 10.7. The topological polar surface area (TPSA) is 78.8 Å². The lowest BCUT2D eigenvalue weighted by atomic mass is 9.80. The molecule has 1 aromatic rings. The average Bonchev–Trinajstić information content (AvgIpc) is 2.07. The molecule has 1 rings (SSSR count). The molecule has 5 heteroatoms. The summed E-state index contributed by atoms with van der Waals surface area (Å²) >= 11 is 0. The van der Waals surface area contributed by atoms with Crippen molar-refractivity contribution in [1.29, 1.82) is 0 Å². The first kappa shape index (κ1) is 10.8. The van der Waals surface area contributed by atoms with Gasteiger partial charge in [-0.3, -0.25) is 0 Å². The van der Waals surface area contributed by atoms with Crippen molar-refractivity contribution in [2.75, 3.05) is 0 Å². The van der Waals surface area contributed by atoms with Crippen molar-refractivity contribution >= 4 is 24.1 Å². The van der Waals surface area contributed by atoms with Gasteiger partial charge in [0, 0.05) is 0 Å². The lowest BCUT2D eigenvalue weighted by molar-refractivity contribution is 0.426. The van der Waals surface area contributed by atoms with E-state index in [-0.39, 0.29) is 0 Å². The summed E-state index contributed by atoms with van der Waals surface area (Å²) in [6, 6.07) is 5.03.